The van der Waals surface area contributed by atoms with Crippen molar-refractivity contribution in [2.24, 2.45) is 0 Å². The zero-order valence-electron chi connectivity index (χ0n) is 9.11. The lowest BCUT2D eigenvalue weighted by molar-refractivity contribution is 0.0165. The number of hydrogen-bond acceptors (Lipinski definition) is 1. The molecule has 0 spiro atoms. The van der Waals surface area contributed by atoms with Crippen LogP contribution in [0.1, 0.15) is 17.4 Å². The van der Waals surface area contributed by atoms with Crippen LogP contribution in [0, 0.1) is 5.82 Å². The highest BCUT2D eigenvalue weighted by Crippen LogP contribution is 2.33. The Morgan fingerprint density at radius 2 is 2.00 bits per heavy atom. The molecule has 1 aromatic rings. The molecule has 1 rings (SSSR count). The Morgan fingerprint density at radius 3 is 2.61 bits per heavy atom. The highest BCUT2D eigenvalue weighted by molar-refractivity contribution is 9.10. The number of halogens is 6. The van der Waals surface area contributed by atoms with Gasteiger partial charge in [0.2, 0.25) is 0 Å². The van der Waals surface area contributed by atoms with Gasteiger partial charge in [0.25, 0.3) is 6.43 Å². The van der Waals surface area contributed by atoms with Crippen molar-refractivity contribution in [3.05, 3.63) is 33.0 Å². The molecule has 0 saturated carbocycles. The van der Waals surface area contributed by atoms with E-state index in [-0.39, 0.29) is 18.6 Å². The highest BCUT2D eigenvalue weighted by atomic mass is 79.9. The van der Waals surface area contributed by atoms with E-state index in [9.17, 15) is 13.2 Å². The summed E-state index contributed by atoms with van der Waals surface area (Å²) in [5, 5.41) is -0.334. The standard InChI is InChI=1S/C11H10BrCl2F3O/c12-7-4-10(15)6(3-9(7)14)8(13)1-2-18-5-11(16)17/h3-4,8,11H,1-2,5H2. The molecule has 0 bridgehead atoms. The second-order valence-electron chi connectivity index (χ2n) is 3.51. The van der Waals surface area contributed by atoms with Crippen molar-refractivity contribution in [2.45, 2.75) is 18.2 Å². The Balaban J connectivity index is 2.56. The largest absolute Gasteiger partial charge is 0.375 e. The molecular weight excluding hydrogens is 356 g/mol. The summed E-state index contributed by atoms with van der Waals surface area (Å²) in [6.45, 7) is -0.612. The quantitative estimate of drug-likeness (QED) is 0.382. The zero-order valence-corrected chi connectivity index (χ0v) is 12.2. The molecule has 0 saturated heterocycles. The molecule has 0 aliphatic heterocycles. The first-order valence-corrected chi connectivity index (χ1v) is 6.67. The van der Waals surface area contributed by atoms with Gasteiger partial charge in [-0.15, -0.1) is 11.6 Å². The second kappa shape index (κ2) is 7.58. The maximum absolute atomic E-state index is 13.6. The van der Waals surface area contributed by atoms with Gasteiger partial charge in [0.15, 0.2) is 0 Å². The van der Waals surface area contributed by atoms with Crippen LogP contribution in [0.4, 0.5) is 13.2 Å². The first-order chi connectivity index (χ1) is 8.41. The number of benzene rings is 1. The molecule has 0 heterocycles. The fourth-order valence-corrected chi connectivity index (χ4v) is 2.04. The molecule has 0 fully saturated rings. The summed E-state index contributed by atoms with van der Waals surface area (Å²) in [7, 11) is 0. The smallest absolute Gasteiger partial charge is 0.261 e. The van der Waals surface area contributed by atoms with Crippen LogP contribution in [0.15, 0.2) is 16.6 Å². The van der Waals surface area contributed by atoms with Gasteiger partial charge >= 0.3 is 0 Å². The van der Waals surface area contributed by atoms with E-state index in [1.54, 1.807) is 0 Å². The van der Waals surface area contributed by atoms with Crippen molar-refractivity contribution in [2.75, 3.05) is 13.2 Å². The Kier molecular flexibility index (Phi) is 6.77. The summed E-state index contributed by atoms with van der Waals surface area (Å²) in [4.78, 5) is 0. The van der Waals surface area contributed by atoms with E-state index in [1.807, 2.05) is 0 Å². The molecule has 1 nitrogen and oxygen atoms in total. The minimum atomic E-state index is -2.52. The number of ether oxygens (including phenoxy) is 1. The average molecular weight is 366 g/mol. The molecule has 0 aliphatic carbocycles. The van der Waals surface area contributed by atoms with Crippen LogP contribution in [0.25, 0.3) is 0 Å². The van der Waals surface area contributed by atoms with E-state index in [0.717, 1.165) is 0 Å². The van der Waals surface area contributed by atoms with Crippen molar-refractivity contribution in [3.63, 3.8) is 0 Å². The van der Waals surface area contributed by atoms with E-state index in [2.05, 4.69) is 20.7 Å². The number of alkyl halides is 3. The van der Waals surface area contributed by atoms with Gasteiger partial charge < -0.3 is 4.74 Å². The van der Waals surface area contributed by atoms with Crippen LogP contribution >= 0.6 is 39.1 Å². The minimum Gasteiger partial charge on any atom is -0.375 e. The van der Waals surface area contributed by atoms with Gasteiger partial charge in [-0.05, 0) is 34.5 Å². The Morgan fingerprint density at radius 1 is 1.33 bits per heavy atom. The maximum atomic E-state index is 13.6. The fourth-order valence-electron chi connectivity index (χ4n) is 1.29. The van der Waals surface area contributed by atoms with Crippen molar-refractivity contribution in [1.82, 2.24) is 0 Å². The minimum absolute atomic E-state index is 0.0334. The number of rotatable bonds is 6. The Hall–Kier alpha value is 0.0300. The van der Waals surface area contributed by atoms with Gasteiger partial charge in [0.05, 0.1) is 10.4 Å². The number of hydrogen-bond donors (Lipinski definition) is 0. The van der Waals surface area contributed by atoms with Gasteiger partial charge in [-0.25, -0.2) is 13.2 Å². The molecular formula is C11H10BrCl2F3O. The first kappa shape index (κ1) is 16.1. The molecule has 0 radical (unpaired) electrons. The molecule has 1 aromatic carbocycles. The van der Waals surface area contributed by atoms with E-state index in [0.29, 0.717) is 9.50 Å². The van der Waals surface area contributed by atoms with Gasteiger partial charge in [-0.3, -0.25) is 0 Å². The normalized spacial score (nSPS) is 13.1. The summed E-state index contributed by atoms with van der Waals surface area (Å²) < 4.78 is 42.3. The summed E-state index contributed by atoms with van der Waals surface area (Å²) in [6, 6.07) is 2.62. The summed E-state index contributed by atoms with van der Waals surface area (Å²) in [5.41, 5.74) is 0.227. The molecule has 1 atom stereocenters. The zero-order chi connectivity index (χ0) is 13.7. The van der Waals surface area contributed by atoms with Crippen LogP contribution in [-0.4, -0.2) is 19.6 Å². The van der Waals surface area contributed by atoms with Gasteiger partial charge in [0, 0.05) is 16.6 Å². The van der Waals surface area contributed by atoms with Gasteiger partial charge in [-0.1, -0.05) is 11.6 Å². The first-order valence-electron chi connectivity index (χ1n) is 5.06. The monoisotopic (exact) mass is 364 g/mol. The molecule has 0 amide bonds. The lowest BCUT2D eigenvalue weighted by Crippen LogP contribution is -2.07. The molecule has 0 aromatic heterocycles. The van der Waals surface area contributed by atoms with Crippen LogP contribution < -0.4 is 0 Å². The van der Waals surface area contributed by atoms with Crippen LogP contribution in [0.3, 0.4) is 0 Å². The van der Waals surface area contributed by atoms with Crippen LogP contribution in [-0.2, 0) is 4.74 Å². The maximum Gasteiger partial charge on any atom is 0.261 e. The van der Waals surface area contributed by atoms with Crippen LogP contribution in [0.2, 0.25) is 5.02 Å². The molecule has 7 heteroatoms. The van der Waals surface area contributed by atoms with Crippen LogP contribution in [0.5, 0.6) is 0 Å². The van der Waals surface area contributed by atoms with E-state index in [4.69, 9.17) is 23.2 Å². The summed E-state index contributed by atoms with van der Waals surface area (Å²) in [6.07, 6.45) is -2.29. The van der Waals surface area contributed by atoms with Crippen molar-refractivity contribution in [1.29, 1.82) is 0 Å². The molecule has 0 N–H and O–H groups in total. The van der Waals surface area contributed by atoms with E-state index in [1.165, 1.54) is 12.1 Å². The van der Waals surface area contributed by atoms with Crippen molar-refractivity contribution >= 4 is 39.1 Å². The summed E-state index contributed by atoms with van der Waals surface area (Å²) in [5.74, 6) is -0.500. The average Bonchev–Trinajstić information content (AvgIpc) is 2.28. The molecule has 18 heavy (non-hydrogen) atoms. The predicted molar refractivity (Wildman–Crippen MR) is 69.1 cm³/mol. The third kappa shape index (κ3) is 4.96. The van der Waals surface area contributed by atoms with Gasteiger partial charge in [0.1, 0.15) is 12.4 Å². The lowest BCUT2D eigenvalue weighted by Gasteiger charge is -2.12. The Labute approximate surface area is 121 Å². The van der Waals surface area contributed by atoms with Crippen molar-refractivity contribution < 1.29 is 17.9 Å². The topological polar surface area (TPSA) is 9.23 Å². The third-order valence-electron chi connectivity index (χ3n) is 2.14. The van der Waals surface area contributed by atoms with Crippen molar-refractivity contribution in [3.8, 4) is 0 Å². The van der Waals surface area contributed by atoms with E-state index >= 15 is 0 Å². The molecule has 102 valence electrons. The summed E-state index contributed by atoms with van der Waals surface area (Å²) >= 11 is 14.9. The fraction of sp³-hybridized carbons (Fsp3) is 0.455. The van der Waals surface area contributed by atoms with E-state index < -0.39 is 24.2 Å². The molecule has 0 aliphatic rings. The second-order valence-corrected chi connectivity index (χ2v) is 5.30. The van der Waals surface area contributed by atoms with Gasteiger partial charge in [-0.2, -0.15) is 0 Å². The molecule has 1 unspecified atom stereocenters. The highest BCUT2D eigenvalue weighted by Gasteiger charge is 2.15. The lowest BCUT2D eigenvalue weighted by atomic mass is 10.1. The predicted octanol–water partition coefficient (Wildman–Crippen LogP) is 5.19. The SMILES string of the molecule is Fc1cc(Br)c(Cl)cc1C(Cl)CCOCC(F)F. The Bertz CT molecular complexity index is 404. The third-order valence-corrected chi connectivity index (χ3v) is 3.79.